The normalized spacial score (nSPS) is 12.5. The quantitative estimate of drug-likeness (QED) is 0.258. The van der Waals surface area contributed by atoms with Crippen molar-refractivity contribution in [1.29, 1.82) is 0 Å². The monoisotopic (exact) mass is 410 g/mol. The summed E-state index contributed by atoms with van der Waals surface area (Å²) in [4.78, 5) is 23.3. The topological polar surface area (TPSA) is 85.4 Å². The van der Waals surface area contributed by atoms with E-state index in [0.29, 0.717) is 17.1 Å². The highest BCUT2D eigenvalue weighted by atomic mass is 16.6. The lowest BCUT2D eigenvalue weighted by atomic mass is 10.0. The lowest BCUT2D eigenvalue weighted by Crippen LogP contribution is -2.08. The Balaban J connectivity index is 1.35. The third kappa shape index (κ3) is 3.48. The van der Waals surface area contributed by atoms with E-state index >= 15 is 0 Å². The van der Waals surface area contributed by atoms with Crippen LogP contribution >= 0.6 is 0 Å². The number of nitrogens with one attached hydrogen (secondary N) is 1. The van der Waals surface area contributed by atoms with Crippen molar-refractivity contribution in [3.05, 3.63) is 99.8 Å². The van der Waals surface area contributed by atoms with E-state index in [4.69, 9.17) is 4.42 Å². The number of carbonyl (C=O) groups excluding carboxylic acids is 1. The molecule has 0 unspecified atom stereocenters. The van der Waals surface area contributed by atoms with Crippen LogP contribution in [0.3, 0.4) is 0 Å². The van der Waals surface area contributed by atoms with Crippen molar-refractivity contribution in [2.45, 2.75) is 12.8 Å². The Labute approximate surface area is 178 Å². The Bertz CT molecular complexity index is 1360. The maximum atomic E-state index is 12.5. The predicted molar refractivity (Wildman–Crippen MR) is 120 cm³/mol. The first-order chi connectivity index (χ1) is 15.1. The van der Waals surface area contributed by atoms with E-state index in [1.807, 2.05) is 18.2 Å². The fourth-order valence-electron chi connectivity index (χ4n) is 4.12. The van der Waals surface area contributed by atoms with Crippen molar-refractivity contribution in [2.75, 3.05) is 5.32 Å². The number of nitro groups is 1. The van der Waals surface area contributed by atoms with Gasteiger partial charge in [0.25, 0.3) is 5.69 Å². The molecule has 1 heterocycles. The average Bonchev–Trinajstić information content (AvgIpc) is 3.42. The smallest absolute Gasteiger partial charge is 0.280 e. The molecule has 1 aromatic heterocycles. The van der Waals surface area contributed by atoms with Crippen LogP contribution in [0.15, 0.2) is 77.2 Å². The molecule has 0 bridgehead atoms. The maximum absolute atomic E-state index is 12.5. The lowest BCUT2D eigenvalue weighted by molar-refractivity contribution is -0.384. The molecular weight excluding hydrogens is 392 g/mol. The van der Waals surface area contributed by atoms with Gasteiger partial charge < -0.3 is 9.73 Å². The number of nitro benzene ring substituents is 1. The number of hydrogen-bond donors (Lipinski definition) is 1. The van der Waals surface area contributed by atoms with Crippen molar-refractivity contribution in [3.63, 3.8) is 0 Å². The van der Waals surface area contributed by atoms with Crippen molar-refractivity contribution in [1.82, 2.24) is 0 Å². The average molecular weight is 410 g/mol. The number of carbonyl (C=O) groups is 1. The fourth-order valence-corrected chi connectivity index (χ4v) is 4.12. The molecule has 0 atom stereocenters. The highest BCUT2D eigenvalue weighted by molar-refractivity contribution is 6.09. The Morgan fingerprint density at radius 2 is 1.77 bits per heavy atom. The summed E-state index contributed by atoms with van der Waals surface area (Å²) in [5.74, 6) is 0.533. The van der Waals surface area contributed by atoms with Crippen LogP contribution in [0.1, 0.15) is 16.9 Å². The molecule has 1 aliphatic carbocycles. The number of hydrogen-bond acceptors (Lipinski definition) is 4. The molecule has 3 aromatic carbocycles. The summed E-state index contributed by atoms with van der Waals surface area (Å²) < 4.78 is 5.70. The van der Waals surface area contributed by atoms with Crippen LogP contribution in [0, 0.1) is 10.1 Å². The molecule has 0 spiro atoms. The van der Waals surface area contributed by atoms with Crippen molar-refractivity contribution < 1.29 is 14.1 Å². The van der Waals surface area contributed by atoms with Crippen LogP contribution in [0.25, 0.3) is 28.2 Å². The summed E-state index contributed by atoms with van der Waals surface area (Å²) in [6, 6.07) is 19.9. The molecule has 1 amide bonds. The third-order valence-corrected chi connectivity index (χ3v) is 5.53. The Hall–Kier alpha value is -4.19. The zero-order valence-corrected chi connectivity index (χ0v) is 16.5. The summed E-state index contributed by atoms with van der Waals surface area (Å²) >= 11 is 0. The first-order valence-electron chi connectivity index (χ1n) is 9.96. The number of amides is 1. The zero-order valence-electron chi connectivity index (χ0n) is 16.5. The summed E-state index contributed by atoms with van der Waals surface area (Å²) in [6.45, 7) is 0. The van der Waals surface area contributed by atoms with Crippen molar-refractivity contribution >= 4 is 34.1 Å². The summed E-state index contributed by atoms with van der Waals surface area (Å²) in [7, 11) is 0. The van der Waals surface area contributed by atoms with E-state index in [1.54, 1.807) is 36.4 Å². The van der Waals surface area contributed by atoms with Gasteiger partial charge >= 0.3 is 0 Å². The van der Waals surface area contributed by atoms with E-state index in [1.165, 1.54) is 28.7 Å². The number of rotatable bonds is 5. The molecule has 6 nitrogen and oxygen atoms in total. The van der Waals surface area contributed by atoms with Gasteiger partial charge in [-0.05, 0) is 59.7 Å². The van der Waals surface area contributed by atoms with Gasteiger partial charge in [-0.15, -0.1) is 0 Å². The van der Waals surface area contributed by atoms with Gasteiger partial charge in [-0.2, -0.15) is 0 Å². The molecule has 1 aliphatic rings. The molecule has 1 N–H and O–H groups in total. The molecule has 0 aliphatic heterocycles. The second-order valence-electron chi connectivity index (χ2n) is 7.41. The molecule has 152 valence electrons. The van der Waals surface area contributed by atoms with Gasteiger partial charge in [0.2, 0.25) is 5.91 Å². The Kier molecular flexibility index (Phi) is 4.59. The van der Waals surface area contributed by atoms with Gasteiger partial charge in [0.05, 0.1) is 10.5 Å². The first kappa shape index (κ1) is 18.8. The molecule has 0 fully saturated rings. The highest BCUT2D eigenvalue weighted by Crippen LogP contribution is 2.35. The van der Waals surface area contributed by atoms with Gasteiger partial charge in [0.15, 0.2) is 0 Å². The van der Waals surface area contributed by atoms with Crippen LogP contribution in [0.5, 0.6) is 0 Å². The lowest BCUT2D eigenvalue weighted by Gasteiger charge is -2.09. The Morgan fingerprint density at radius 3 is 2.61 bits per heavy atom. The van der Waals surface area contributed by atoms with Gasteiger partial charge in [-0.25, -0.2) is 0 Å². The van der Waals surface area contributed by atoms with E-state index in [-0.39, 0.29) is 11.6 Å². The molecule has 5 rings (SSSR count). The van der Waals surface area contributed by atoms with Crippen LogP contribution < -0.4 is 5.32 Å². The molecule has 0 saturated carbocycles. The van der Waals surface area contributed by atoms with E-state index in [2.05, 4.69) is 17.4 Å². The minimum absolute atomic E-state index is 0.0304. The molecule has 0 radical (unpaired) electrons. The van der Waals surface area contributed by atoms with Crippen molar-refractivity contribution in [3.8, 4) is 11.3 Å². The number of nitrogens with zero attached hydrogens (tertiary/aromatic N) is 1. The van der Waals surface area contributed by atoms with Crippen LogP contribution in [0.4, 0.5) is 11.4 Å². The summed E-state index contributed by atoms with van der Waals surface area (Å²) in [5.41, 5.74) is 3.77. The molecule has 31 heavy (non-hydrogen) atoms. The Morgan fingerprint density at radius 1 is 0.968 bits per heavy atom. The highest BCUT2D eigenvalue weighted by Gasteiger charge is 2.18. The summed E-state index contributed by atoms with van der Waals surface area (Å²) in [6.07, 6.45) is 5.01. The van der Waals surface area contributed by atoms with E-state index < -0.39 is 4.92 Å². The fraction of sp³-hybridized carbons (Fsp3) is 0.0800. The largest absolute Gasteiger partial charge is 0.456 e. The van der Waals surface area contributed by atoms with Gasteiger partial charge in [-0.1, -0.05) is 36.4 Å². The second kappa shape index (κ2) is 7.57. The maximum Gasteiger partial charge on any atom is 0.280 e. The standard InChI is InChI=1S/C25H18N2O4/c28-24(26-21-13-10-17-9-8-16-4-3-6-19(21)25(16)17)15-12-18-11-14-23(31-18)20-5-1-2-7-22(20)27(29)30/h1-7,10-15H,8-9H2,(H,26,28)/b15-12+. The third-order valence-electron chi connectivity index (χ3n) is 5.53. The first-order valence-corrected chi connectivity index (χ1v) is 9.96. The minimum atomic E-state index is -0.446. The number of benzene rings is 3. The zero-order chi connectivity index (χ0) is 21.4. The molecule has 4 aromatic rings. The SMILES string of the molecule is O=C(/C=C/c1ccc(-c2ccccc2[N+](=O)[O-])o1)Nc1ccc2c3c(cccc13)CC2. The van der Waals surface area contributed by atoms with Crippen molar-refractivity contribution in [2.24, 2.45) is 0 Å². The van der Waals surface area contributed by atoms with Crippen LogP contribution in [-0.4, -0.2) is 10.8 Å². The number of para-hydroxylation sites is 1. The van der Waals surface area contributed by atoms with Gasteiger partial charge in [0, 0.05) is 23.2 Å². The number of anilines is 1. The number of aryl methyl sites for hydroxylation is 2. The number of furan rings is 1. The van der Waals surface area contributed by atoms with Crippen LogP contribution in [0.2, 0.25) is 0 Å². The van der Waals surface area contributed by atoms with E-state index in [0.717, 1.165) is 23.9 Å². The molecule has 0 saturated heterocycles. The molecule has 6 heteroatoms. The van der Waals surface area contributed by atoms with E-state index in [9.17, 15) is 14.9 Å². The summed E-state index contributed by atoms with van der Waals surface area (Å²) in [5, 5.41) is 16.5. The predicted octanol–water partition coefficient (Wildman–Crippen LogP) is 5.76. The molecular formula is C25H18N2O4. The van der Waals surface area contributed by atoms with Gasteiger partial charge in [0.1, 0.15) is 11.5 Å². The van der Waals surface area contributed by atoms with Crippen LogP contribution in [-0.2, 0) is 17.6 Å². The van der Waals surface area contributed by atoms with Gasteiger partial charge in [-0.3, -0.25) is 14.9 Å². The minimum Gasteiger partial charge on any atom is -0.456 e. The second-order valence-corrected chi connectivity index (χ2v) is 7.41.